The highest BCUT2D eigenvalue weighted by Crippen LogP contribution is 2.17. The molecular formula is C17H26N2O6. The van der Waals surface area contributed by atoms with Crippen molar-refractivity contribution < 1.29 is 29.0 Å². The van der Waals surface area contributed by atoms with Crippen molar-refractivity contribution in [2.24, 2.45) is 0 Å². The summed E-state index contributed by atoms with van der Waals surface area (Å²) in [5.41, 5.74) is -1.34. The van der Waals surface area contributed by atoms with Gasteiger partial charge in [0.05, 0.1) is 12.0 Å². The summed E-state index contributed by atoms with van der Waals surface area (Å²) >= 11 is 0. The van der Waals surface area contributed by atoms with Crippen LogP contribution < -0.4 is 5.32 Å². The lowest BCUT2D eigenvalue weighted by Gasteiger charge is -2.29. The van der Waals surface area contributed by atoms with Gasteiger partial charge in [-0.1, -0.05) is 0 Å². The Morgan fingerprint density at radius 1 is 1.16 bits per heavy atom. The highest BCUT2D eigenvalue weighted by Gasteiger charge is 2.27. The molecule has 2 N–H and O–H groups in total. The number of nitrogens with zero attached hydrogens (tertiary/aromatic N) is 1. The highest BCUT2D eigenvalue weighted by atomic mass is 16.5. The third-order valence-electron chi connectivity index (χ3n) is 3.74. The zero-order valence-corrected chi connectivity index (χ0v) is 15.1. The van der Waals surface area contributed by atoms with Crippen molar-refractivity contribution in [3.63, 3.8) is 0 Å². The first-order valence-electron chi connectivity index (χ1n) is 8.12. The number of carbonyl (C=O) groups is 4. The molecule has 0 bridgehead atoms. The number of imide groups is 1. The quantitative estimate of drug-likeness (QED) is 0.563. The highest BCUT2D eigenvalue weighted by molar-refractivity contribution is 6.13. The summed E-state index contributed by atoms with van der Waals surface area (Å²) in [6.45, 7) is 7.38. The molecule has 140 valence electrons. The zero-order valence-electron chi connectivity index (χ0n) is 15.1. The van der Waals surface area contributed by atoms with Gasteiger partial charge in [0, 0.05) is 37.3 Å². The average molecular weight is 354 g/mol. The Morgan fingerprint density at radius 3 is 2.24 bits per heavy atom. The van der Waals surface area contributed by atoms with E-state index in [-0.39, 0.29) is 25.3 Å². The summed E-state index contributed by atoms with van der Waals surface area (Å²) in [7, 11) is 0. The third kappa shape index (κ3) is 7.47. The second kappa shape index (κ2) is 8.24. The molecule has 0 aromatic carbocycles. The van der Waals surface area contributed by atoms with Crippen molar-refractivity contribution in [3.05, 3.63) is 12.2 Å². The largest absolute Gasteiger partial charge is 0.481 e. The van der Waals surface area contributed by atoms with Crippen molar-refractivity contribution in [2.45, 2.75) is 58.1 Å². The number of rotatable bonds is 10. The van der Waals surface area contributed by atoms with E-state index in [1.165, 1.54) is 12.2 Å². The molecule has 25 heavy (non-hydrogen) atoms. The van der Waals surface area contributed by atoms with Gasteiger partial charge in [-0.05, 0) is 34.1 Å². The standard InChI is InChI=1S/C17H26N2O6/c1-16(2,8-10-25-17(3,4)11-15(23)24)18-12(20)7-9-19-13(21)5-6-14(19)22/h5-6H,7-11H2,1-4H3,(H,18,20)(H,23,24). The molecular weight excluding hydrogens is 328 g/mol. The molecule has 0 aliphatic carbocycles. The van der Waals surface area contributed by atoms with Crippen molar-refractivity contribution in [1.82, 2.24) is 10.2 Å². The zero-order chi connectivity index (χ0) is 19.3. The number of carboxylic acid groups (broad SMARTS) is 1. The maximum atomic E-state index is 12.0. The molecule has 1 rings (SSSR count). The number of carboxylic acids is 1. The second-order valence-corrected chi connectivity index (χ2v) is 7.27. The van der Waals surface area contributed by atoms with Gasteiger partial charge in [-0.2, -0.15) is 0 Å². The molecule has 3 amide bonds. The third-order valence-corrected chi connectivity index (χ3v) is 3.74. The van der Waals surface area contributed by atoms with Crippen LogP contribution in [-0.4, -0.2) is 58.0 Å². The summed E-state index contributed by atoms with van der Waals surface area (Å²) < 4.78 is 5.59. The van der Waals surface area contributed by atoms with Crippen LogP contribution in [0.15, 0.2) is 12.2 Å². The van der Waals surface area contributed by atoms with Crippen LogP contribution in [0.2, 0.25) is 0 Å². The van der Waals surface area contributed by atoms with Crippen LogP contribution in [0, 0.1) is 0 Å². The van der Waals surface area contributed by atoms with Gasteiger partial charge >= 0.3 is 5.97 Å². The number of aliphatic carboxylic acids is 1. The van der Waals surface area contributed by atoms with Gasteiger partial charge in [0.1, 0.15) is 0 Å². The van der Waals surface area contributed by atoms with E-state index in [9.17, 15) is 19.2 Å². The first-order valence-corrected chi connectivity index (χ1v) is 8.12. The van der Waals surface area contributed by atoms with Crippen molar-refractivity contribution in [3.8, 4) is 0 Å². The van der Waals surface area contributed by atoms with Crippen LogP contribution in [0.3, 0.4) is 0 Å². The second-order valence-electron chi connectivity index (χ2n) is 7.27. The summed E-state index contributed by atoms with van der Waals surface area (Å²) in [4.78, 5) is 46.7. The number of ether oxygens (including phenoxy) is 1. The molecule has 0 unspecified atom stereocenters. The molecule has 0 aromatic heterocycles. The van der Waals surface area contributed by atoms with E-state index >= 15 is 0 Å². The van der Waals surface area contributed by atoms with Gasteiger partial charge < -0.3 is 15.2 Å². The van der Waals surface area contributed by atoms with Gasteiger partial charge in [0.2, 0.25) is 5.91 Å². The lowest BCUT2D eigenvalue weighted by molar-refractivity contribution is -0.144. The molecule has 8 heteroatoms. The van der Waals surface area contributed by atoms with Crippen LogP contribution in [0.25, 0.3) is 0 Å². The average Bonchev–Trinajstić information content (AvgIpc) is 2.73. The minimum Gasteiger partial charge on any atom is -0.481 e. The van der Waals surface area contributed by atoms with E-state index in [0.717, 1.165) is 4.90 Å². The predicted octanol–water partition coefficient (Wildman–Crippen LogP) is 0.856. The molecule has 0 saturated heterocycles. The monoisotopic (exact) mass is 354 g/mol. The minimum absolute atomic E-state index is 0.0218. The molecule has 1 aliphatic heterocycles. The Hall–Kier alpha value is -2.22. The Kier molecular flexibility index (Phi) is 6.87. The first-order chi connectivity index (χ1) is 11.4. The summed E-state index contributed by atoms with van der Waals surface area (Å²) in [6, 6.07) is 0. The Morgan fingerprint density at radius 2 is 1.72 bits per heavy atom. The molecule has 1 heterocycles. The smallest absolute Gasteiger partial charge is 0.306 e. The molecule has 0 radical (unpaired) electrons. The fourth-order valence-electron chi connectivity index (χ4n) is 2.36. The number of hydrogen-bond donors (Lipinski definition) is 2. The molecule has 0 aromatic rings. The number of amides is 3. The van der Waals surface area contributed by atoms with Crippen molar-refractivity contribution in [2.75, 3.05) is 13.2 Å². The summed E-state index contributed by atoms with van der Waals surface area (Å²) in [6.07, 6.45) is 2.77. The Balaban J connectivity index is 2.36. The van der Waals surface area contributed by atoms with E-state index in [4.69, 9.17) is 9.84 Å². The first kappa shape index (κ1) is 20.8. The lowest BCUT2D eigenvalue weighted by atomic mass is 10.00. The van der Waals surface area contributed by atoms with E-state index in [1.807, 2.05) is 13.8 Å². The van der Waals surface area contributed by atoms with Crippen LogP contribution in [0.1, 0.15) is 47.0 Å². The topological polar surface area (TPSA) is 113 Å². The Bertz CT molecular complexity index is 562. The molecule has 0 spiro atoms. The van der Waals surface area contributed by atoms with Crippen LogP contribution in [0.4, 0.5) is 0 Å². The lowest BCUT2D eigenvalue weighted by Crippen LogP contribution is -2.46. The van der Waals surface area contributed by atoms with Crippen LogP contribution in [0.5, 0.6) is 0 Å². The fraction of sp³-hybridized carbons (Fsp3) is 0.647. The molecule has 0 atom stereocenters. The predicted molar refractivity (Wildman–Crippen MR) is 89.6 cm³/mol. The van der Waals surface area contributed by atoms with Crippen LogP contribution in [-0.2, 0) is 23.9 Å². The Labute approximate surface area is 147 Å². The number of nitrogens with one attached hydrogen (secondary N) is 1. The van der Waals surface area contributed by atoms with Crippen molar-refractivity contribution >= 4 is 23.7 Å². The molecule has 1 aliphatic rings. The summed E-state index contributed by atoms with van der Waals surface area (Å²) in [5, 5.41) is 11.7. The van der Waals surface area contributed by atoms with E-state index in [1.54, 1.807) is 13.8 Å². The van der Waals surface area contributed by atoms with E-state index < -0.39 is 28.9 Å². The summed E-state index contributed by atoms with van der Waals surface area (Å²) in [5.74, 6) is -2.03. The molecule has 0 fully saturated rings. The van der Waals surface area contributed by atoms with Gasteiger partial charge in [-0.3, -0.25) is 24.1 Å². The van der Waals surface area contributed by atoms with Gasteiger partial charge in [0.25, 0.3) is 11.8 Å². The van der Waals surface area contributed by atoms with Gasteiger partial charge in [0.15, 0.2) is 0 Å². The van der Waals surface area contributed by atoms with Crippen molar-refractivity contribution in [1.29, 1.82) is 0 Å². The minimum atomic E-state index is -0.932. The fourth-order valence-corrected chi connectivity index (χ4v) is 2.36. The van der Waals surface area contributed by atoms with Gasteiger partial charge in [-0.15, -0.1) is 0 Å². The number of carbonyl (C=O) groups excluding carboxylic acids is 3. The van der Waals surface area contributed by atoms with E-state index in [0.29, 0.717) is 13.0 Å². The van der Waals surface area contributed by atoms with Crippen LogP contribution >= 0.6 is 0 Å². The SMILES string of the molecule is CC(C)(CCOC(C)(C)CC(=O)O)NC(=O)CCN1C(=O)C=CC1=O. The number of hydrogen-bond acceptors (Lipinski definition) is 5. The molecule has 8 nitrogen and oxygen atoms in total. The normalized spacial score (nSPS) is 15.0. The molecule has 0 saturated carbocycles. The van der Waals surface area contributed by atoms with E-state index in [2.05, 4.69) is 5.32 Å². The van der Waals surface area contributed by atoms with Gasteiger partial charge in [-0.25, -0.2) is 0 Å². The maximum Gasteiger partial charge on any atom is 0.306 e. The maximum absolute atomic E-state index is 12.0.